The number of rotatable bonds is 2. The summed E-state index contributed by atoms with van der Waals surface area (Å²) in [4.78, 5) is 0. The van der Waals surface area contributed by atoms with Crippen molar-refractivity contribution in [3.63, 3.8) is 0 Å². The van der Waals surface area contributed by atoms with Crippen molar-refractivity contribution in [1.82, 2.24) is 9.78 Å². The van der Waals surface area contributed by atoms with Crippen LogP contribution in [0.3, 0.4) is 0 Å². The van der Waals surface area contributed by atoms with Gasteiger partial charge in [-0.25, -0.2) is 0 Å². The number of nitrogens with zero attached hydrogens (tertiary/aromatic N) is 2. The first-order valence-electron chi connectivity index (χ1n) is 4.85. The number of hydrogen-bond acceptors (Lipinski definition) is 2. The molecular weight excluding hydrogens is 188 g/mol. The van der Waals surface area contributed by atoms with Gasteiger partial charge in [0.15, 0.2) is 0 Å². The second-order valence-electron chi connectivity index (χ2n) is 3.50. The van der Waals surface area contributed by atoms with Crippen molar-refractivity contribution in [3.8, 4) is 16.9 Å². The predicted molar refractivity (Wildman–Crippen MR) is 59.9 cm³/mol. The summed E-state index contributed by atoms with van der Waals surface area (Å²) in [5, 5.41) is 4.22. The Balaban J connectivity index is 2.41. The predicted octanol–water partition coefficient (Wildman–Crippen LogP) is 2.40. The molecule has 0 saturated heterocycles. The molecule has 3 nitrogen and oxygen atoms in total. The van der Waals surface area contributed by atoms with Crippen LogP contribution >= 0.6 is 0 Å². The highest BCUT2D eigenvalue weighted by atomic mass is 16.5. The number of aromatic nitrogens is 2. The first-order valence-corrected chi connectivity index (χ1v) is 4.85. The maximum absolute atomic E-state index is 5.12. The van der Waals surface area contributed by atoms with E-state index in [1.807, 2.05) is 42.2 Å². The molecule has 2 aromatic rings. The molecule has 15 heavy (non-hydrogen) atoms. The molecule has 0 radical (unpaired) electrons. The number of aryl methyl sites for hydroxylation is 1. The lowest BCUT2D eigenvalue weighted by atomic mass is 10.1. The highest BCUT2D eigenvalue weighted by Gasteiger charge is 2.05. The van der Waals surface area contributed by atoms with Crippen molar-refractivity contribution in [3.05, 3.63) is 36.2 Å². The lowest BCUT2D eigenvalue weighted by Crippen LogP contribution is -1.92. The van der Waals surface area contributed by atoms with Gasteiger partial charge in [-0.3, -0.25) is 4.68 Å². The Bertz CT molecular complexity index is 457. The summed E-state index contributed by atoms with van der Waals surface area (Å²) in [6.45, 7) is 2.06. The van der Waals surface area contributed by atoms with Gasteiger partial charge >= 0.3 is 0 Å². The van der Waals surface area contributed by atoms with Gasteiger partial charge < -0.3 is 4.74 Å². The van der Waals surface area contributed by atoms with Crippen LogP contribution in [0.4, 0.5) is 0 Å². The van der Waals surface area contributed by atoms with Crippen molar-refractivity contribution < 1.29 is 4.74 Å². The van der Waals surface area contributed by atoms with Gasteiger partial charge in [0.05, 0.1) is 13.3 Å². The second kappa shape index (κ2) is 3.77. The van der Waals surface area contributed by atoms with Crippen LogP contribution in [-0.4, -0.2) is 16.9 Å². The summed E-state index contributed by atoms with van der Waals surface area (Å²) in [5.74, 6) is 0.875. The molecule has 0 bridgehead atoms. The van der Waals surface area contributed by atoms with Crippen LogP contribution in [0.25, 0.3) is 11.1 Å². The van der Waals surface area contributed by atoms with Gasteiger partial charge in [-0.2, -0.15) is 5.10 Å². The van der Waals surface area contributed by atoms with Crippen LogP contribution < -0.4 is 4.74 Å². The molecule has 1 aromatic heterocycles. The number of ether oxygens (including phenoxy) is 1. The van der Waals surface area contributed by atoms with Gasteiger partial charge in [0.25, 0.3) is 0 Å². The highest BCUT2D eigenvalue weighted by Crippen LogP contribution is 2.24. The van der Waals surface area contributed by atoms with E-state index in [0.717, 1.165) is 5.75 Å². The standard InChI is InChI=1S/C12H14N2O/c1-9-12(8-13-14(9)2)10-4-6-11(15-3)7-5-10/h4-8H,1-3H3. The van der Waals surface area contributed by atoms with E-state index < -0.39 is 0 Å². The third-order valence-electron chi connectivity index (χ3n) is 2.64. The van der Waals surface area contributed by atoms with Gasteiger partial charge in [0.2, 0.25) is 0 Å². The molecule has 0 amide bonds. The van der Waals surface area contributed by atoms with Gasteiger partial charge in [-0.15, -0.1) is 0 Å². The minimum absolute atomic E-state index is 0.875. The molecule has 0 atom stereocenters. The molecule has 1 heterocycles. The number of methoxy groups -OCH3 is 1. The molecule has 0 aliphatic heterocycles. The minimum atomic E-state index is 0.875. The SMILES string of the molecule is COc1ccc(-c2cnn(C)c2C)cc1. The van der Waals surface area contributed by atoms with E-state index >= 15 is 0 Å². The molecule has 0 fully saturated rings. The summed E-state index contributed by atoms with van der Waals surface area (Å²) < 4.78 is 6.99. The van der Waals surface area contributed by atoms with E-state index in [1.54, 1.807) is 7.11 Å². The van der Waals surface area contributed by atoms with Crippen LogP contribution in [0.1, 0.15) is 5.69 Å². The largest absolute Gasteiger partial charge is 0.497 e. The first kappa shape index (κ1) is 9.77. The Kier molecular flexibility index (Phi) is 2.46. The molecule has 2 rings (SSSR count). The molecule has 78 valence electrons. The molecule has 0 saturated carbocycles. The summed E-state index contributed by atoms with van der Waals surface area (Å²) >= 11 is 0. The van der Waals surface area contributed by atoms with Crippen LogP contribution in [0.2, 0.25) is 0 Å². The Morgan fingerprint density at radius 1 is 1.20 bits per heavy atom. The van der Waals surface area contributed by atoms with Crippen molar-refractivity contribution in [2.24, 2.45) is 7.05 Å². The molecule has 0 aliphatic carbocycles. The fourth-order valence-electron chi connectivity index (χ4n) is 1.55. The van der Waals surface area contributed by atoms with Gasteiger partial charge in [0.1, 0.15) is 5.75 Å². The van der Waals surface area contributed by atoms with Crippen molar-refractivity contribution >= 4 is 0 Å². The summed E-state index contributed by atoms with van der Waals surface area (Å²) in [6, 6.07) is 8.01. The number of benzene rings is 1. The normalized spacial score (nSPS) is 10.3. The van der Waals surface area contributed by atoms with E-state index in [2.05, 4.69) is 12.0 Å². The summed E-state index contributed by atoms with van der Waals surface area (Å²) in [5.41, 5.74) is 3.50. The van der Waals surface area contributed by atoms with E-state index in [0.29, 0.717) is 0 Å². The smallest absolute Gasteiger partial charge is 0.118 e. The van der Waals surface area contributed by atoms with Crippen LogP contribution in [0, 0.1) is 6.92 Å². The van der Waals surface area contributed by atoms with Gasteiger partial charge in [-0.05, 0) is 24.6 Å². The molecule has 3 heteroatoms. The Labute approximate surface area is 89.3 Å². The molecule has 0 N–H and O–H groups in total. The Morgan fingerprint density at radius 2 is 1.87 bits per heavy atom. The van der Waals surface area contributed by atoms with Crippen LogP contribution in [-0.2, 0) is 7.05 Å². The average Bonchev–Trinajstić information content (AvgIpc) is 2.60. The zero-order valence-corrected chi connectivity index (χ0v) is 9.19. The molecule has 1 aromatic carbocycles. The van der Waals surface area contributed by atoms with E-state index in [1.165, 1.54) is 16.8 Å². The van der Waals surface area contributed by atoms with Crippen molar-refractivity contribution in [1.29, 1.82) is 0 Å². The van der Waals surface area contributed by atoms with Crippen molar-refractivity contribution in [2.45, 2.75) is 6.92 Å². The lowest BCUT2D eigenvalue weighted by molar-refractivity contribution is 0.415. The first-order chi connectivity index (χ1) is 7.22. The molecular formula is C12H14N2O. The zero-order chi connectivity index (χ0) is 10.8. The highest BCUT2D eigenvalue weighted by molar-refractivity contribution is 5.65. The maximum Gasteiger partial charge on any atom is 0.118 e. The van der Waals surface area contributed by atoms with Crippen LogP contribution in [0.5, 0.6) is 5.75 Å². The Hall–Kier alpha value is -1.77. The summed E-state index contributed by atoms with van der Waals surface area (Å²) in [6.07, 6.45) is 1.89. The number of hydrogen-bond donors (Lipinski definition) is 0. The molecule has 0 aliphatic rings. The second-order valence-corrected chi connectivity index (χ2v) is 3.50. The zero-order valence-electron chi connectivity index (χ0n) is 9.19. The third kappa shape index (κ3) is 1.73. The lowest BCUT2D eigenvalue weighted by Gasteiger charge is -2.03. The van der Waals surface area contributed by atoms with Crippen molar-refractivity contribution in [2.75, 3.05) is 7.11 Å². The van der Waals surface area contributed by atoms with E-state index in [-0.39, 0.29) is 0 Å². The maximum atomic E-state index is 5.12. The van der Waals surface area contributed by atoms with E-state index in [4.69, 9.17) is 4.74 Å². The molecule has 0 spiro atoms. The quantitative estimate of drug-likeness (QED) is 0.747. The fourth-order valence-corrected chi connectivity index (χ4v) is 1.55. The van der Waals surface area contributed by atoms with Crippen LogP contribution in [0.15, 0.2) is 30.5 Å². The van der Waals surface area contributed by atoms with E-state index in [9.17, 15) is 0 Å². The minimum Gasteiger partial charge on any atom is -0.497 e. The topological polar surface area (TPSA) is 27.1 Å². The average molecular weight is 202 g/mol. The summed E-state index contributed by atoms with van der Waals surface area (Å²) in [7, 11) is 3.62. The third-order valence-corrected chi connectivity index (χ3v) is 2.64. The van der Waals surface area contributed by atoms with Gasteiger partial charge in [0, 0.05) is 18.3 Å². The monoisotopic (exact) mass is 202 g/mol. The van der Waals surface area contributed by atoms with Gasteiger partial charge in [-0.1, -0.05) is 12.1 Å². The Morgan fingerprint density at radius 3 is 2.33 bits per heavy atom. The molecule has 0 unspecified atom stereocenters. The fraction of sp³-hybridized carbons (Fsp3) is 0.250.